The Morgan fingerprint density at radius 3 is 2.48 bits per heavy atom. The standard InChI is InChI=1S/C19H30N4O2/c1-5-23-12-6-7-16(13-23)21-18(25)20-15-10-8-14(9-11-15)17(24)22-19(2,3)4/h8-11,16H,5-7,12-13H2,1-4H3,(H,22,24)(H2,20,21,25)/t16-/m1/s1. The molecule has 2 rings (SSSR count). The van der Waals surface area contributed by atoms with Gasteiger partial charge in [-0.25, -0.2) is 4.79 Å². The maximum atomic E-state index is 12.2. The van der Waals surface area contributed by atoms with Crippen LogP contribution in [0.4, 0.5) is 10.5 Å². The van der Waals surface area contributed by atoms with E-state index in [0.717, 1.165) is 32.5 Å². The fraction of sp³-hybridized carbons (Fsp3) is 0.579. The maximum Gasteiger partial charge on any atom is 0.319 e. The summed E-state index contributed by atoms with van der Waals surface area (Å²) in [6, 6.07) is 6.92. The molecule has 0 spiro atoms. The Kier molecular flexibility index (Phi) is 6.42. The minimum absolute atomic E-state index is 0.120. The minimum atomic E-state index is -0.278. The highest BCUT2D eigenvalue weighted by Crippen LogP contribution is 2.12. The van der Waals surface area contributed by atoms with Crippen LogP contribution in [0.25, 0.3) is 0 Å². The van der Waals surface area contributed by atoms with E-state index < -0.39 is 0 Å². The van der Waals surface area contributed by atoms with Gasteiger partial charge in [-0.15, -0.1) is 0 Å². The number of rotatable bonds is 4. The van der Waals surface area contributed by atoms with Gasteiger partial charge in [-0.05, 0) is 71.0 Å². The molecule has 6 nitrogen and oxygen atoms in total. The summed E-state index contributed by atoms with van der Waals surface area (Å²) in [7, 11) is 0. The van der Waals surface area contributed by atoms with Crippen LogP contribution < -0.4 is 16.0 Å². The molecule has 0 aromatic heterocycles. The number of hydrogen-bond acceptors (Lipinski definition) is 3. The molecule has 1 aromatic rings. The smallest absolute Gasteiger partial charge is 0.319 e. The largest absolute Gasteiger partial charge is 0.347 e. The highest BCUT2D eigenvalue weighted by Gasteiger charge is 2.20. The summed E-state index contributed by atoms with van der Waals surface area (Å²) in [6.45, 7) is 11.0. The molecule has 1 aliphatic heterocycles. The molecule has 0 radical (unpaired) electrons. The number of hydrogen-bond donors (Lipinski definition) is 3. The molecule has 6 heteroatoms. The van der Waals surface area contributed by atoms with Crippen LogP contribution in [0.2, 0.25) is 0 Å². The Morgan fingerprint density at radius 1 is 1.20 bits per heavy atom. The fourth-order valence-corrected chi connectivity index (χ4v) is 2.93. The lowest BCUT2D eigenvalue weighted by molar-refractivity contribution is 0.0919. The van der Waals surface area contributed by atoms with Crippen molar-refractivity contribution < 1.29 is 9.59 Å². The van der Waals surface area contributed by atoms with Crippen LogP contribution in [0.15, 0.2) is 24.3 Å². The van der Waals surface area contributed by atoms with Crippen molar-refractivity contribution in [2.45, 2.75) is 52.1 Å². The number of likely N-dealkylation sites (tertiary alicyclic amines) is 1. The van der Waals surface area contributed by atoms with Gasteiger partial charge < -0.3 is 20.9 Å². The number of carbonyl (C=O) groups excluding carboxylic acids is 2. The van der Waals surface area contributed by atoms with Crippen molar-refractivity contribution in [1.29, 1.82) is 0 Å². The van der Waals surface area contributed by atoms with Crippen LogP contribution in [0.3, 0.4) is 0 Å². The first-order valence-electron chi connectivity index (χ1n) is 8.99. The number of carbonyl (C=O) groups is 2. The van der Waals surface area contributed by atoms with Gasteiger partial charge in [0, 0.05) is 29.4 Å². The van der Waals surface area contributed by atoms with E-state index in [0.29, 0.717) is 11.3 Å². The second kappa shape index (κ2) is 8.34. The molecule has 138 valence electrons. The highest BCUT2D eigenvalue weighted by atomic mass is 16.2. The molecule has 1 atom stereocenters. The molecule has 1 heterocycles. The molecule has 1 aliphatic rings. The molecule has 0 aliphatic carbocycles. The third kappa shape index (κ3) is 6.38. The van der Waals surface area contributed by atoms with Crippen LogP contribution >= 0.6 is 0 Å². The maximum absolute atomic E-state index is 12.2. The summed E-state index contributed by atoms with van der Waals surface area (Å²) in [5, 5.41) is 8.78. The van der Waals surface area contributed by atoms with E-state index >= 15 is 0 Å². The average molecular weight is 346 g/mol. The van der Waals surface area contributed by atoms with Gasteiger partial charge in [-0.1, -0.05) is 6.92 Å². The predicted octanol–water partition coefficient (Wildman–Crippen LogP) is 2.82. The fourth-order valence-electron chi connectivity index (χ4n) is 2.93. The van der Waals surface area contributed by atoms with E-state index in [-0.39, 0.29) is 23.5 Å². The van der Waals surface area contributed by atoms with Gasteiger partial charge in [0.1, 0.15) is 0 Å². The summed E-state index contributed by atoms with van der Waals surface area (Å²) in [4.78, 5) is 26.6. The molecule has 3 amide bonds. The summed E-state index contributed by atoms with van der Waals surface area (Å²) in [5.41, 5.74) is 0.972. The van der Waals surface area contributed by atoms with Crippen molar-refractivity contribution in [3.05, 3.63) is 29.8 Å². The molecule has 0 bridgehead atoms. The van der Waals surface area contributed by atoms with E-state index in [1.807, 2.05) is 20.8 Å². The summed E-state index contributed by atoms with van der Waals surface area (Å²) in [6.07, 6.45) is 2.12. The van der Waals surface area contributed by atoms with Gasteiger partial charge in [0.05, 0.1) is 0 Å². The molecular weight excluding hydrogens is 316 g/mol. The molecule has 1 aromatic carbocycles. The highest BCUT2D eigenvalue weighted by molar-refractivity contribution is 5.95. The van der Waals surface area contributed by atoms with Crippen molar-refractivity contribution in [2.24, 2.45) is 0 Å². The van der Waals surface area contributed by atoms with Crippen molar-refractivity contribution >= 4 is 17.6 Å². The van der Waals surface area contributed by atoms with E-state index in [4.69, 9.17) is 0 Å². The second-order valence-electron chi connectivity index (χ2n) is 7.61. The number of anilines is 1. The van der Waals surface area contributed by atoms with Crippen LogP contribution in [0.1, 0.15) is 50.9 Å². The Balaban J connectivity index is 1.86. The third-order valence-corrected chi connectivity index (χ3v) is 4.18. The number of piperidine rings is 1. The Bertz CT molecular complexity index is 592. The summed E-state index contributed by atoms with van der Waals surface area (Å²) >= 11 is 0. The lowest BCUT2D eigenvalue weighted by Crippen LogP contribution is -2.48. The second-order valence-corrected chi connectivity index (χ2v) is 7.61. The molecular formula is C19H30N4O2. The number of nitrogens with zero attached hydrogens (tertiary/aromatic N) is 1. The van der Waals surface area contributed by atoms with Crippen molar-refractivity contribution in [3.8, 4) is 0 Å². The quantitative estimate of drug-likeness (QED) is 0.785. The van der Waals surface area contributed by atoms with E-state index in [2.05, 4.69) is 27.8 Å². The summed E-state index contributed by atoms with van der Waals surface area (Å²) in [5.74, 6) is -0.120. The molecule has 0 unspecified atom stereocenters. The van der Waals surface area contributed by atoms with Crippen LogP contribution in [-0.2, 0) is 0 Å². The minimum Gasteiger partial charge on any atom is -0.347 e. The molecule has 1 fully saturated rings. The number of amides is 3. The third-order valence-electron chi connectivity index (χ3n) is 4.18. The lowest BCUT2D eigenvalue weighted by Gasteiger charge is -2.32. The first kappa shape index (κ1) is 19.2. The zero-order valence-electron chi connectivity index (χ0n) is 15.7. The number of likely N-dealkylation sites (N-methyl/N-ethyl adjacent to an activating group) is 1. The zero-order chi connectivity index (χ0) is 18.4. The molecule has 3 N–H and O–H groups in total. The van der Waals surface area contributed by atoms with Gasteiger partial charge >= 0.3 is 6.03 Å². The first-order valence-corrected chi connectivity index (χ1v) is 8.99. The van der Waals surface area contributed by atoms with Crippen molar-refractivity contribution in [2.75, 3.05) is 25.0 Å². The van der Waals surface area contributed by atoms with Gasteiger partial charge in [0.2, 0.25) is 0 Å². The molecule has 0 saturated carbocycles. The van der Waals surface area contributed by atoms with E-state index in [9.17, 15) is 9.59 Å². The predicted molar refractivity (Wildman–Crippen MR) is 101 cm³/mol. The Morgan fingerprint density at radius 2 is 1.88 bits per heavy atom. The SMILES string of the molecule is CCN1CCC[C@@H](NC(=O)Nc2ccc(C(=O)NC(C)(C)C)cc2)C1. The van der Waals surface area contributed by atoms with E-state index in [1.165, 1.54) is 0 Å². The molecule has 1 saturated heterocycles. The Hall–Kier alpha value is -2.08. The van der Waals surface area contributed by atoms with Gasteiger partial charge in [-0.2, -0.15) is 0 Å². The number of benzene rings is 1. The monoisotopic (exact) mass is 346 g/mol. The van der Waals surface area contributed by atoms with Gasteiger partial charge in [0.15, 0.2) is 0 Å². The van der Waals surface area contributed by atoms with Crippen LogP contribution in [0.5, 0.6) is 0 Å². The number of nitrogens with one attached hydrogen (secondary N) is 3. The summed E-state index contributed by atoms with van der Waals surface area (Å²) < 4.78 is 0. The van der Waals surface area contributed by atoms with Crippen LogP contribution in [-0.4, -0.2) is 48.1 Å². The normalized spacial score (nSPS) is 18.5. The first-order chi connectivity index (χ1) is 11.8. The Labute approximate surface area is 150 Å². The number of urea groups is 1. The zero-order valence-corrected chi connectivity index (χ0v) is 15.7. The van der Waals surface area contributed by atoms with E-state index in [1.54, 1.807) is 24.3 Å². The van der Waals surface area contributed by atoms with Gasteiger partial charge in [-0.3, -0.25) is 4.79 Å². The van der Waals surface area contributed by atoms with Gasteiger partial charge in [0.25, 0.3) is 5.91 Å². The molecule has 25 heavy (non-hydrogen) atoms. The van der Waals surface area contributed by atoms with Crippen LogP contribution in [0, 0.1) is 0 Å². The van der Waals surface area contributed by atoms with Crippen molar-refractivity contribution in [1.82, 2.24) is 15.5 Å². The van der Waals surface area contributed by atoms with Crippen molar-refractivity contribution in [3.63, 3.8) is 0 Å². The lowest BCUT2D eigenvalue weighted by atomic mass is 10.1. The average Bonchev–Trinajstić information content (AvgIpc) is 2.54. The topological polar surface area (TPSA) is 73.5 Å².